The summed E-state index contributed by atoms with van der Waals surface area (Å²) < 4.78 is 0. The quantitative estimate of drug-likeness (QED) is 0.567. The van der Waals surface area contributed by atoms with Gasteiger partial charge in [0.2, 0.25) is 0 Å². The summed E-state index contributed by atoms with van der Waals surface area (Å²) in [6.45, 7) is 2.15. The first-order chi connectivity index (χ1) is 9.81. The van der Waals surface area contributed by atoms with Crippen LogP contribution in [0.1, 0.15) is 18.9 Å². The number of thiazole rings is 1. The third-order valence-corrected chi connectivity index (χ3v) is 4.05. The largest absolute Gasteiger partial charge is 0.308 e. The number of pyridine rings is 1. The summed E-state index contributed by atoms with van der Waals surface area (Å²) in [6, 6.07) is 8.37. The van der Waals surface area contributed by atoms with Gasteiger partial charge in [-0.25, -0.2) is 15.8 Å². The molecule has 3 rings (SSSR count). The summed E-state index contributed by atoms with van der Waals surface area (Å²) in [5.41, 5.74) is 5.92. The van der Waals surface area contributed by atoms with E-state index in [1.165, 1.54) is 0 Å². The molecule has 0 amide bonds. The molecule has 102 valence electrons. The number of nitrogens with one attached hydrogen (secondary N) is 1. The van der Waals surface area contributed by atoms with Crippen molar-refractivity contribution >= 4 is 28.1 Å². The Kier molecular flexibility index (Phi) is 3.62. The summed E-state index contributed by atoms with van der Waals surface area (Å²) in [5.74, 6) is 6.32. The second-order valence-electron chi connectivity index (χ2n) is 4.64. The first kappa shape index (κ1) is 13.0. The molecule has 1 aromatic carbocycles. The molecule has 3 aromatic rings. The molecular weight excluding hydrogens is 268 g/mol. The number of aryl methyl sites for hydroxylation is 1. The molecule has 0 saturated carbocycles. The van der Waals surface area contributed by atoms with Gasteiger partial charge < -0.3 is 5.43 Å². The van der Waals surface area contributed by atoms with Crippen LogP contribution in [0.4, 0.5) is 5.82 Å². The fraction of sp³-hybridized carbons (Fsp3) is 0.200. The van der Waals surface area contributed by atoms with Crippen molar-refractivity contribution in [3.05, 3.63) is 41.4 Å². The van der Waals surface area contributed by atoms with Crippen molar-refractivity contribution in [3.8, 4) is 10.6 Å². The van der Waals surface area contributed by atoms with E-state index in [-0.39, 0.29) is 0 Å². The molecule has 0 aliphatic heterocycles. The monoisotopic (exact) mass is 284 g/mol. The van der Waals surface area contributed by atoms with Crippen LogP contribution in [0.5, 0.6) is 0 Å². The van der Waals surface area contributed by atoms with E-state index < -0.39 is 0 Å². The second kappa shape index (κ2) is 5.56. The van der Waals surface area contributed by atoms with Gasteiger partial charge in [0.25, 0.3) is 0 Å². The smallest absolute Gasteiger partial charge is 0.143 e. The Morgan fingerprint density at radius 2 is 2.20 bits per heavy atom. The lowest BCUT2D eigenvalue weighted by Gasteiger charge is -2.09. The van der Waals surface area contributed by atoms with Crippen LogP contribution in [-0.4, -0.2) is 9.97 Å². The van der Waals surface area contributed by atoms with Crippen molar-refractivity contribution in [2.75, 3.05) is 5.43 Å². The lowest BCUT2D eigenvalue weighted by Crippen LogP contribution is -2.11. The molecule has 0 aliphatic rings. The first-order valence-corrected chi connectivity index (χ1v) is 7.50. The van der Waals surface area contributed by atoms with E-state index in [1.807, 2.05) is 23.7 Å². The van der Waals surface area contributed by atoms with Gasteiger partial charge >= 0.3 is 0 Å². The van der Waals surface area contributed by atoms with Crippen molar-refractivity contribution < 1.29 is 0 Å². The zero-order valence-corrected chi connectivity index (χ0v) is 12.1. The highest BCUT2D eigenvalue weighted by atomic mass is 32.1. The van der Waals surface area contributed by atoms with Gasteiger partial charge in [-0.1, -0.05) is 13.3 Å². The first-order valence-electron chi connectivity index (χ1n) is 6.62. The maximum atomic E-state index is 5.56. The van der Waals surface area contributed by atoms with Gasteiger partial charge in [-0.05, 0) is 36.2 Å². The number of anilines is 1. The average molecular weight is 284 g/mol. The number of rotatable bonds is 4. The summed E-state index contributed by atoms with van der Waals surface area (Å²) >= 11 is 1.64. The standard InChI is InChI=1S/C15H16N4S/c1-2-3-10-8-12-9-11(15-17-6-7-20-15)4-5-13(12)18-14(10)19-16/h4-9H,2-3,16H2,1H3,(H,18,19). The molecule has 0 unspecified atom stereocenters. The lowest BCUT2D eigenvalue weighted by atomic mass is 10.1. The number of fused-ring (bicyclic) bond motifs is 1. The molecule has 3 N–H and O–H groups in total. The Bertz CT molecular complexity index is 722. The van der Waals surface area contributed by atoms with Crippen LogP contribution in [0.25, 0.3) is 21.5 Å². The predicted octanol–water partition coefficient (Wildman–Crippen LogP) is 3.60. The molecular formula is C15H16N4S. The SMILES string of the molecule is CCCc1cc2cc(-c3nccs3)ccc2nc1NN. The minimum Gasteiger partial charge on any atom is -0.308 e. The fourth-order valence-electron chi connectivity index (χ4n) is 2.30. The normalized spacial score (nSPS) is 10.9. The number of hydrazine groups is 1. The minimum absolute atomic E-state index is 0.765. The number of nitrogen functional groups attached to an aromatic ring is 1. The molecule has 2 heterocycles. The van der Waals surface area contributed by atoms with Gasteiger partial charge in [0.05, 0.1) is 5.52 Å². The Hall–Kier alpha value is -1.98. The lowest BCUT2D eigenvalue weighted by molar-refractivity contribution is 0.917. The van der Waals surface area contributed by atoms with Crippen LogP contribution in [0.3, 0.4) is 0 Å². The van der Waals surface area contributed by atoms with E-state index >= 15 is 0 Å². The van der Waals surface area contributed by atoms with Crippen molar-refractivity contribution in [3.63, 3.8) is 0 Å². The number of nitrogens with zero attached hydrogens (tertiary/aromatic N) is 2. The Balaban J connectivity index is 2.13. The minimum atomic E-state index is 0.765. The van der Waals surface area contributed by atoms with Crippen LogP contribution < -0.4 is 11.3 Å². The van der Waals surface area contributed by atoms with Gasteiger partial charge in [0.15, 0.2) is 0 Å². The van der Waals surface area contributed by atoms with E-state index in [4.69, 9.17) is 5.84 Å². The Morgan fingerprint density at radius 1 is 1.30 bits per heavy atom. The van der Waals surface area contributed by atoms with Crippen molar-refractivity contribution in [2.45, 2.75) is 19.8 Å². The number of aromatic nitrogens is 2. The zero-order valence-electron chi connectivity index (χ0n) is 11.3. The molecule has 0 bridgehead atoms. The fourth-order valence-corrected chi connectivity index (χ4v) is 2.94. The molecule has 2 aromatic heterocycles. The highest BCUT2D eigenvalue weighted by Crippen LogP contribution is 2.27. The number of hydrogen-bond acceptors (Lipinski definition) is 5. The van der Waals surface area contributed by atoms with Gasteiger partial charge in [-0.2, -0.15) is 0 Å². The average Bonchev–Trinajstić information content (AvgIpc) is 3.00. The van der Waals surface area contributed by atoms with Crippen LogP contribution in [0.2, 0.25) is 0 Å². The Labute approximate surface area is 121 Å². The highest BCUT2D eigenvalue weighted by molar-refractivity contribution is 7.13. The molecule has 4 nitrogen and oxygen atoms in total. The summed E-state index contributed by atoms with van der Waals surface area (Å²) in [6.07, 6.45) is 3.85. The van der Waals surface area contributed by atoms with E-state index in [0.717, 1.165) is 45.7 Å². The van der Waals surface area contributed by atoms with E-state index in [2.05, 4.69) is 34.5 Å². The van der Waals surface area contributed by atoms with E-state index in [1.54, 1.807) is 11.3 Å². The molecule has 5 heteroatoms. The van der Waals surface area contributed by atoms with Crippen LogP contribution in [0, 0.1) is 0 Å². The topological polar surface area (TPSA) is 63.8 Å². The van der Waals surface area contributed by atoms with Crippen LogP contribution >= 0.6 is 11.3 Å². The molecule has 0 spiro atoms. The second-order valence-corrected chi connectivity index (χ2v) is 5.53. The van der Waals surface area contributed by atoms with E-state index in [0.29, 0.717) is 0 Å². The Morgan fingerprint density at radius 3 is 2.90 bits per heavy atom. The summed E-state index contributed by atoms with van der Waals surface area (Å²) in [7, 11) is 0. The number of hydrogen-bond donors (Lipinski definition) is 2. The van der Waals surface area contributed by atoms with Gasteiger partial charge in [-0.3, -0.25) is 0 Å². The summed E-state index contributed by atoms with van der Waals surface area (Å²) in [4.78, 5) is 8.93. The molecule has 0 fully saturated rings. The number of benzene rings is 1. The molecule has 0 atom stereocenters. The molecule has 20 heavy (non-hydrogen) atoms. The van der Waals surface area contributed by atoms with Crippen LogP contribution in [-0.2, 0) is 6.42 Å². The van der Waals surface area contributed by atoms with Crippen molar-refractivity contribution in [2.24, 2.45) is 5.84 Å². The van der Waals surface area contributed by atoms with Crippen LogP contribution in [0.15, 0.2) is 35.8 Å². The number of nitrogens with two attached hydrogens (primary N) is 1. The summed E-state index contributed by atoms with van der Waals surface area (Å²) in [5, 5.41) is 4.15. The molecule has 0 saturated heterocycles. The maximum absolute atomic E-state index is 5.56. The van der Waals surface area contributed by atoms with Crippen molar-refractivity contribution in [1.82, 2.24) is 9.97 Å². The van der Waals surface area contributed by atoms with Crippen molar-refractivity contribution in [1.29, 1.82) is 0 Å². The van der Waals surface area contributed by atoms with E-state index in [9.17, 15) is 0 Å². The van der Waals surface area contributed by atoms with Gasteiger partial charge in [-0.15, -0.1) is 11.3 Å². The zero-order chi connectivity index (χ0) is 13.9. The third kappa shape index (κ3) is 2.37. The predicted molar refractivity (Wildman–Crippen MR) is 84.7 cm³/mol. The highest BCUT2D eigenvalue weighted by Gasteiger charge is 2.07. The van der Waals surface area contributed by atoms with Gasteiger partial charge in [0.1, 0.15) is 10.8 Å². The third-order valence-electron chi connectivity index (χ3n) is 3.23. The van der Waals surface area contributed by atoms with Gasteiger partial charge in [0, 0.05) is 22.5 Å². The molecule has 0 aliphatic carbocycles. The molecule has 0 radical (unpaired) electrons. The maximum Gasteiger partial charge on any atom is 0.143 e.